The molecule has 1 aromatic carbocycles. The highest BCUT2D eigenvalue weighted by atomic mass is 32.2. The van der Waals surface area contributed by atoms with Gasteiger partial charge in [-0.05, 0) is 49.8 Å². The third-order valence-electron chi connectivity index (χ3n) is 3.80. The van der Waals surface area contributed by atoms with Crippen molar-refractivity contribution >= 4 is 29.3 Å². The summed E-state index contributed by atoms with van der Waals surface area (Å²) >= 11 is 1.51. The third kappa shape index (κ3) is 5.56. The van der Waals surface area contributed by atoms with E-state index in [0.717, 1.165) is 27.7 Å². The number of nitrogens with two attached hydrogens (primary N) is 1. The highest BCUT2D eigenvalue weighted by molar-refractivity contribution is 7.98. The van der Waals surface area contributed by atoms with Crippen molar-refractivity contribution in [3.63, 3.8) is 0 Å². The molecule has 7 heteroatoms. The molecule has 0 spiro atoms. The lowest BCUT2D eigenvalue weighted by atomic mass is 10.1. The van der Waals surface area contributed by atoms with Crippen molar-refractivity contribution in [1.82, 2.24) is 9.97 Å². The van der Waals surface area contributed by atoms with Crippen molar-refractivity contribution in [2.24, 2.45) is 5.73 Å². The van der Waals surface area contributed by atoms with E-state index in [4.69, 9.17) is 5.73 Å². The molecule has 1 aromatic heterocycles. The van der Waals surface area contributed by atoms with Crippen molar-refractivity contribution in [2.75, 3.05) is 11.6 Å². The minimum Gasteiger partial charge on any atom is -0.369 e. The number of primary amides is 1. The minimum absolute atomic E-state index is 0.0737. The smallest absolute Gasteiger partial charge is 0.224 e. The number of carbonyl (C=O) groups excluding carboxylic acids is 2. The van der Waals surface area contributed by atoms with Crippen LogP contribution in [0.3, 0.4) is 0 Å². The number of rotatable bonds is 7. The molecule has 0 saturated carbocycles. The van der Waals surface area contributed by atoms with Gasteiger partial charge in [0.15, 0.2) is 5.16 Å². The fourth-order valence-electron chi connectivity index (χ4n) is 2.53. The molecular weight excluding hydrogens is 336 g/mol. The topological polar surface area (TPSA) is 98.0 Å². The van der Waals surface area contributed by atoms with Crippen molar-refractivity contribution in [3.05, 3.63) is 46.8 Å². The van der Waals surface area contributed by atoms with Gasteiger partial charge >= 0.3 is 0 Å². The summed E-state index contributed by atoms with van der Waals surface area (Å²) in [5.74, 6) is -0.451. The van der Waals surface area contributed by atoms with Gasteiger partial charge < -0.3 is 11.1 Å². The zero-order valence-corrected chi connectivity index (χ0v) is 15.4. The maximum atomic E-state index is 12.2. The summed E-state index contributed by atoms with van der Waals surface area (Å²) in [7, 11) is 0. The molecule has 2 aromatic rings. The lowest BCUT2D eigenvalue weighted by Crippen LogP contribution is -2.15. The first kappa shape index (κ1) is 18.9. The van der Waals surface area contributed by atoms with Crippen LogP contribution in [0.25, 0.3) is 0 Å². The Balaban J connectivity index is 1.94. The summed E-state index contributed by atoms with van der Waals surface area (Å²) in [5.41, 5.74) is 9.53. The molecule has 0 unspecified atom stereocenters. The highest BCUT2D eigenvalue weighted by Crippen LogP contribution is 2.17. The van der Waals surface area contributed by atoms with Crippen molar-refractivity contribution in [3.8, 4) is 0 Å². The molecule has 0 saturated heterocycles. The molecule has 6 nitrogen and oxygen atoms in total. The monoisotopic (exact) mass is 358 g/mol. The molecule has 0 radical (unpaired) electrons. The number of carbonyl (C=O) groups is 2. The lowest BCUT2D eigenvalue weighted by molar-refractivity contribution is -0.117. The van der Waals surface area contributed by atoms with E-state index < -0.39 is 0 Å². The second kappa shape index (κ2) is 8.62. The Hall–Kier alpha value is -2.41. The van der Waals surface area contributed by atoms with Gasteiger partial charge in [-0.1, -0.05) is 23.9 Å². The second-order valence-electron chi connectivity index (χ2n) is 5.75. The van der Waals surface area contributed by atoms with Gasteiger partial charge in [0.05, 0.1) is 6.42 Å². The van der Waals surface area contributed by atoms with E-state index in [2.05, 4.69) is 15.3 Å². The van der Waals surface area contributed by atoms with Crippen molar-refractivity contribution < 1.29 is 9.59 Å². The molecule has 132 valence electrons. The molecule has 0 aliphatic rings. The van der Waals surface area contributed by atoms with Crippen LogP contribution >= 0.6 is 11.8 Å². The van der Waals surface area contributed by atoms with Gasteiger partial charge in [0.2, 0.25) is 11.8 Å². The van der Waals surface area contributed by atoms with Gasteiger partial charge in [-0.25, -0.2) is 9.97 Å². The Morgan fingerprint density at radius 2 is 1.72 bits per heavy atom. The predicted octanol–water partition coefficient (Wildman–Crippen LogP) is 2.41. The summed E-state index contributed by atoms with van der Waals surface area (Å²) in [4.78, 5) is 31.9. The molecule has 0 bridgehead atoms. The Bertz CT molecular complexity index is 752. The summed E-state index contributed by atoms with van der Waals surface area (Å²) in [6, 6.07) is 7.10. The van der Waals surface area contributed by atoms with Crippen LogP contribution in [0.5, 0.6) is 0 Å². The minimum atomic E-state index is -0.378. The Morgan fingerprint density at radius 3 is 2.24 bits per heavy atom. The molecule has 0 aliphatic carbocycles. The molecule has 1 heterocycles. The summed E-state index contributed by atoms with van der Waals surface area (Å²) in [6.45, 7) is 3.89. The number of hydrogen-bond acceptors (Lipinski definition) is 5. The number of aromatic nitrogens is 2. The number of anilines is 1. The molecule has 25 heavy (non-hydrogen) atoms. The van der Waals surface area contributed by atoms with E-state index in [-0.39, 0.29) is 18.2 Å². The average Bonchev–Trinajstić information content (AvgIpc) is 2.55. The zero-order chi connectivity index (χ0) is 18.4. The number of thioether (sulfide) groups is 1. The highest BCUT2D eigenvalue weighted by Gasteiger charge is 2.11. The van der Waals surface area contributed by atoms with Crippen LogP contribution in [0, 0.1) is 13.8 Å². The number of nitrogens with zero attached hydrogens (tertiary/aromatic N) is 2. The van der Waals surface area contributed by atoms with E-state index in [0.29, 0.717) is 18.5 Å². The molecule has 0 atom stereocenters. The first-order valence-corrected chi connectivity index (χ1v) is 9.16. The second-order valence-corrected chi connectivity index (χ2v) is 6.52. The fraction of sp³-hybridized carbons (Fsp3) is 0.333. The summed E-state index contributed by atoms with van der Waals surface area (Å²) < 4.78 is 0. The Kier molecular flexibility index (Phi) is 6.52. The van der Waals surface area contributed by atoms with Gasteiger partial charge in [-0.15, -0.1) is 0 Å². The predicted molar refractivity (Wildman–Crippen MR) is 99.6 cm³/mol. The van der Waals surface area contributed by atoms with E-state index in [1.807, 2.05) is 20.1 Å². The Labute approximate surface area is 151 Å². The molecule has 3 N–H and O–H groups in total. The number of hydrogen-bond donors (Lipinski definition) is 2. The lowest BCUT2D eigenvalue weighted by Gasteiger charge is -2.10. The standard InChI is InChI=1S/C18H22N4O2S/c1-11-15(12(2)21-18(20-11)25-3)8-9-17(24)22-14-6-4-13(5-7-14)10-16(19)23/h4-7H,8-10H2,1-3H3,(H2,19,23)(H,22,24). The number of aryl methyl sites for hydroxylation is 2. The van der Waals surface area contributed by atoms with E-state index >= 15 is 0 Å². The molecule has 2 amide bonds. The van der Waals surface area contributed by atoms with Gasteiger partial charge in [0.25, 0.3) is 0 Å². The van der Waals surface area contributed by atoms with Crippen LogP contribution in [0.4, 0.5) is 5.69 Å². The number of nitrogens with one attached hydrogen (secondary N) is 1. The summed E-state index contributed by atoms with van der Waals surface area (Å²) in [6.07, 6.45) is 3.08. The van der Waals surface area contributed by atoms with Gasteiger partial charge in [-0.2, -0.15) is 0 Å². The van der Waals surface area contributed by atoms with Crippen LogP contribution in [0.1, 0.15) is 28.9 Å². The van der Waals surface area contributed by atoms with Crippen LogP contribution in [0.15, 0.2) is 29.4 Å². The van der Waals surface area contributed by atoms with E-state index in [1.165, 1.54) is 11.8 Å². The molecule has 2 rings (SSSR count). The van der Waals surface area contributed by atoms with E-state index in [9.17, 15) is 9.59 Å². The van der Waals surface area contributed by atoms with Crippen molar-refractivity contribution in [1.29, 1.82) is 0 Å². The fourth-order valence-corrected chi connectivity index (χ4v) is 2.99. The van der Waals surface area contributed by atoms with E-state index in [1.54, 1.807) is 24.3 Å². The Morgan fingerprint density at radius 1 is 1.12 bits per heavy atom. The molecule has 0 aliphatic heterocycles. The first-order chi connectivity index (χ1) is 11.9. The largest absolute Gasteiger partial charge is 0.369 e. The SMILES string of the molecule is CSc1nc(C)c(CCC(=O)Nc2ccc(CC(N)=O)cc2)c(C)n1. The maximum absolute atomic E-state index is 12.2. The third-order valence-corrected chi connectivity index (χ3v) is 4.35. The quantitative estimate of drug-likeness (QED) is 0.585. The van der Waals surface area contributed by atoms with Gasteiger partial charge in [-0.3, -0.25) is 9.59 Å². The van der Waals surface area contributed by atoms with Gasteiger partial charge in [0.1, 0.15) is 0 Å². The number of benzene rings is 1. The van der Waals surface area contributed by atoms with Crippen molar-refractivity contribution in [2.45, 2.75) is 38.3 Å². The number of amides is 2. The summed E-state index contributed by atoms with van der Waals surface area (Å²) in [5, 5.41) is 3.60. The average molecular weight is 358 g/mol. The van der Waals surface area contributed by atoms with Crippen LogP contribution < -0.4 is 11.1 Å². The molecular formula is C18H22N4O2S. The van der Waals surface area contributed by atoms with Crippen LogP contribution in [0.2, 0.25) is 0 Å². The normalized spacial score (nSPS) is 10.5. The first-order valence-electron chi connectivity index (χ1n) is 7.94. The molecule has 0 fully saturated rings. The maximum Gasteiger partial charge on any atom is 0.224 e. The zero-order valence-electron chi connectivity index (χ0n) is 14.6. The van der Waals surface area contributed by atoms with Crippen LogP contribution in [-0.2, 0) is 22.4 Å². The van der Waals surface area contributed by atoms with Crippen LogP contribution in [-0.4, -0.2) is 28.0 Å². The van der Waals surface area contributed by atoms with Gasteiger partial charge in [0, 0.05) is 23.5 Å².